The van der Waals surface area contributed by atoms with Gasteiger partial charge in [-0.2, -0.15) is 5.26 Å². The minimum absolute atomic E-state index is 0.332. The molecule has 0 aliphatic carbocycles. The third-order valence-corrected chi connectivity index (χ3v) is 3.87. The third kappa shape index (κ3) is 4.51. The van der Waals surface area contributed by atoms with E-state index in [0.29, 0.717) is 28.1 Å². The predicted molar refractivity (Wildman–Crippen MR) is 104 cm³/mol. The Kier molecular flexibility index (Phi) is 5.63. The summed E-state index contributed by atoms with van der Waals surface area (Å²) in [5.74, 6) is -0.773. The number of aromatic nitrogens is 1. The van der Waals surface area contributed by atoms with E-state index in [1.165, 1.54) is 13.3 Å². The molecule has 0 spiro atoms. The highest BCUT2D eigenvalue weighted by molar-refractivity contribution is 6.04. The maximum atomic E-state index is 12.5. The molecule has 0 aliphatic heterocycles. The normalized spacial score (nSPS) is 9.86. The molecule has 0 atom stereocenters. The van der Waals surface area contributed by atoms with Crippen LogP contribution in [0.15, 0.2) is 67.0 Å². The molecule has 2 aromatic carbocycles. The first-order valence-electron chi connectivity index (χ1n) is 8.31. The van der Waals surface area contributed by atoms with Gasteiger partial charge in [0.05, 0.1) is 41.8 Å². The van der Waals surface area contributed by atoms with E-state index in [2.05, 4.69) is 26.4 Å². The van der Waals surface area contributed by atoms with E-state index >= 15 is 0 Å². The monoisotopic (exact) mass is 372 g/mol. The standard InChI is InChI=1S/C21H16N4O3/c1-28-21(27)15-4-8-18(9-5-15)25-20(26)16-10-19(13-23-12-16)24-17-6-2-14(11-22)3-7-17/h2-10,12-13,24H,1H3,(H,25,26). The Morgan fingerprint density at radius 3 is 2.25 bits per heavy atom. The van der Waals surface area contributed by atoms with Crippen LogP contribution in [0.1, 0.15) is 26.3 Å². The number of hydrogen-bond donors (Lipinski definition) is 2. The topological polar surface area (TPSA) is 104 Å². The molecule has 0 radical (unpaired) electrons. The number of nitrogens with one attached hydrogen (secondary N) is 2. The first kappa shape index (κ1) is 18.6. The molecule has 7 nitrogen and oxygen atoms in total. The molecule has 2 N–H and O–H groups in total. The van der Waals surface area contributed by atoms with Crippen LogP contribution in [0, 0.1) is 11.3 Å². The van der Waals surface area contributed by atoms with Gasteiger partial charge in [-0.3, -0.25) is 9.78 Å². The van der Waals surface area contributed by atoms with Gasteiger partial charge in [-0.25, -0.2) is 4.79 Å². The Bertz CT molecular complexity index is 1040. The number of methoxy groups -OCH3 is 1. The van der Waals surface area contributed by atoms with E-state index in [0.717, 1.165) is 5.69 Å². The lowest BCUT2D eigenvalue weighted by Crippen LogP contribution is -2.12. The number of hydrogen-bond acceptors (Lipinski definition) is 6. The van der Waals surface area contributed by atoms with Gasteiger partial charge >= 0.3 is 5.97 Å². The fraction of sp³-hybridized carbons (Fsp3) is 0.0476. The molecule has 0 fully saturated rings. The highest BCUT2D eigenvalue weighted by atomic mass is 16.5. The highest BCUT2D eigenvalue weighted by Crippen LogP contribution is 2.18. The number of amides is 1. The van der Waals surface area contributed by atoms with Gasteiger partial charge in [0.15, 0.2) is 0 Å². The Morgan fingerprint density at radius 2 is 1.61 bits per heavy atom. The minimum atomic E-state index is -0.441. The number of carbonyl (C=O) groups excluding carboxylic acids is 2. The zero-order valence-electron chi connectivity index (χ0n) is 15.0. The molecular formula is C21H16N4O3. The van der Waals surface area contributed by atoms with Crippen LogP contribution in [-0.2, 0) is 4.74 Å². The maximum absolute atomic E-state index is 12.5. The van der Waals surface area contributed by atoms with E-state index in [9.17, 15) is 9.59 Å². The molecule has 0 aliphatic rings. The minimum Gasteiger partial charge on any atom is -0.465 e. The lowest BCUT2D eigenvalue weighted by Gasteiger charge is -2.09. The van der Waals surface area contributed by atoms with Crippen LogP contribution in [0.4, 0.5) is 17.1 Å². The van der Waals surface area contributed by atoms with Gasteiger partial charge in [-0.05, 0) is 54.6 Å². The molecule has 1 heterocycles. The number of nitrogens with zero attached hydrogens (tertiary/aromatic N) is 2. The van der Waals surface area contributed by atoms with Crippen molar-refractivity contribution in [3.8, 4) is 6.07 Å². The average molecular weight is 372 g/mol. The molecule has 0 saturated heterocycles. The van der Waals surface area contributed by atoms with Crippen molar-refractivity contribution in [2.24, 2.45) is 0 Å². The van der Waals surface area contributed by atoms with Crippen molar-refractivity contribution in [2.45, 2.75) is 0 Å². The molecule has 0 saturated carbocycles. The lowest BCUT2D eigenvalue weighted by atomic mass is 10.2. The van der Waals surface area contributed by atoms with Gasteiger partial charge < -0.3 is 15.4 Å². The van der Waals surface area contributed by atoms with E-state index in [4.69, 9.17) is 5.26 Å². The number of pyridine rings is 1. The summed E-state index contributed by atoms with van der Waals surface area (Å²) in [4.78, 5) is 28.0. The molecule has 138 valence electrons. The first-order chi connectivity index (χ1) is 13.6. The number of ether oxygens (including phenoxy) is 1. The number of nitriles is 1. The van der Waals surface area contributed by atoms with Gasteiger partial charge in [-0.1, -0.05) is 0 Å². The summed E-state index contributed by atoms with van der Waals surface area (Å²) in [6.07, 6.45) is 3.06. The fourth-order valence-electron chi connectivity index (χ4n) is 2.44. The third-order valence-electron chi connectivity index (χ3n) is 3.87. The summed E-state index contributed by atoms with van der Waals surface area (Å²) in [5.41, 5.74) is 3.29. The Hall–Kier alpha value is -4.18. The van der Waals surface area contributed by atoms with Crippen LogP contribution < -0.4 is 10.6 Å². The molecule has 7 heteroatoms. The van der Waals surface area contributed by atoms with Crippen LogP contribution in [0.5, 0.6) is 0 Å². The van der Waals surface area contributed by atoms with Crippen molar-refractivity contribution in [1.82, 2.24) is 4.98 Å². The van der Waals surface area contributed by atoms with Crippen molar-refractivity contribution in [3.05, 3.63) is 83.7 Å². The fourth-order valence-corrected chi connectivity index (χ4v) is 2.44. The highest BCUT2D eigenvalue weighted by Gasteiger charge is 2.09. The van der Waals surface area contributed by atoms with E-state index in [1.54, 1.807) is 60.8 Å². The van der Waals surface area contributed by atoms with Gasteiger partial charge in [0.2, 0.25) is 0 Å². The molecule has 0 unspecified atom stereocenters. The predicted octanol–water partition coefficient (Wildman–Crippen LogP) is 3.74. The molecule has 1 aromatic heterocycles. The Labute approximate surface area is 161 Å². The first-order valence-corrected chi connectivity index (χ1v) is 8.31. The number of benzene rings is 2. The van der Waals surface area contributed by atoms with Gasteiger partial charge in [-0.15, -0.1) is 0 Å². The molecular weight excluding hydrogens is 356 g/mol. The maximum Gasteiger partial charge on any atom is 0.337 e. The van der Waals surface area contributed by atoms with Crippen molar-refractivity contribution < 1.29 is 14.3 Å². The van der Waals surface area contributed by atoms with Crippen LogP contribution >= 0.6 is 0 Å². The number of carbonyl (C=O) groups is 2. The van der Waals surface area contributed by atoms with Crippen LogP contribution in [0.3, 0.4) is 0 Å². The van der Waals surface area contributed by atoms with Gasteiger partial charge in [0, 0.05) is 17.6 Å². The van der Waals surface area contributed by atoms with E-state index < -0.39 is 5.97 Å². The van der Waals surface area contributed by atoms with Gasteiger partial charge in [0.1, 0.15) is 0 Å². The van der Waals surface area contributed by atoms with Crippen LogP contribution in [0.25, 0.3) is 0 Å². The number of esters is 1. The summed E-state index contributed by atoms with van der Waals surface area (Å²) in [7, 11) is 1.31. The summed E-state index contributed by atoms with van der Waals surface area (Å²) >= 11 is 0. The van der Waals surface area contributed by atoms with Crippen molar-refractivity contribution >= 4 is 28.9 Å². The largest absolute Gasteiger partial charge is 0.465 e. The number of rotatable bonds is 5. The summed E-state index contributed by atoms with van der Waals surface area (Å²) < 4.78 is 4.64. The summed E-state index contributed by atoms with van der Waals surface area (Å²) in [5, 5.41) is 14.7. The molecule has 28 heavy (non-hydrogen) atoms. The second-order valence-electron chi connectivity index (χ2n) is 5.80. The molecule has 3 aromatic rings. The zero-order chi connectivity index (χ0) is 19.9. The quantitative estimate of drug-likeness (QED) is 0.661. The summed E-state index contributed by atoms with van der Waals surface area (Å²) in [6, 6.07) is 17.1. The van der Waals surface area contributed by atoms with Crippen LogP contribution in [-0.4, -0.2) is 24.0 Å². The van der Waals surface area contributed by atoms with E-state index in [-0.39, 0.29) is 5.91 Å². The molecule has 3 rings (SSSR count). The molecule has 0 bridgehead atoms. The van der Waals surface area contributed by atoms with Crippen molar-refractivity contribution in [1.29, 1.82) is 5.26 Å². The molecule has 1 amide bonds. The number of anilines is 3. The van der Waals surface area contributed by atoms with Gasteiger partial charge in [0.25, 0.3) is 5.91 Å². The Balaban J connectivity index is 1.69. The average Bonchev–Trinajstić information content (AvgIpc) is 2.74. The second-order valence-corrected chi connectivity index (χ2v) is 5.80. The smallest absolute Gasteiger partial charge is 0.337 e. The van der Waals surface area contributed by atoms with Crippen LogP contribution in [0.2, 0.25) is 0 Å². The Morgan fingerprint density at radius 1 is 0.929 bits per heavy atom. The SMILES string of the molecule is COC(=O)c1ccc(NC(=O)c2cncc(Nc3ccc(C#N)cc3)c2)cc1. The lowest BCUT2D eigenvalue weighted by molar-refractivity contribution is 0.0600. The summed E-state index contributed by atoms with van der Waals surface area (Å²) in [6.45, 7) is 0. The zero-order valence-corrected chi connectivity index (χ0v) is 15.0. The van der Waals surface area contributed by atoms with Crippen molar-refractivity contribution in [2.75, 3.05) is 17.7 Å². The second kappa shape index (κ2) is 8.47. The van der Waals surface area contributed by atoms with Crippen molar-refractivity contribution in [3.63, 3.8) is 0 Å². The van der Waals surface area contributed by atoms with E-state index in [1.807, 2.05) is 0 Å².